The zero-order chi connectivity index (χ0) is 17.8. The fourth-order valence-electron chi connectivity index (χ4n) is 2.83. The van der Waals surface area contributed by atoms with Crippen LogP contribution in [0.25, 0.3) is 0 Å². The molecule has 2 N–H and O–H groups in total. The van der Waals surface area contributed by atoms with Crippen LogP contribution in [0.4, 0.5) is 5.69 Å². The maximum absolute atomic E-state index is 12.1. The zero-order valence-electron chi connectivity index (χ0n) is 14.3. The molecule has 1 atom stereocenters. The third kappa shape index (κ3) is 4.01. The zero-order valence-corrected chi connectivity index (χ0v) is 15.1. The maximum atomic E-state index is 12.1. The van der Waals surface area contributed by atoms with E-state index >= 15 is 0 Å². The minimum atomic E-state index is -0.0864. The molecule has 0 saturated carbocycles. The molecule has 0 bridgehead atoms. The molecule has 1 unspecified atom stereocenters. The van der Waals surface area contributed by atoms with E-state index in [1.165, 1.54) is 11.8 Å². The molecule has 7 nitrogen and oxygen atoms in total. The average Bonchev–Trinajstić information content (AvgIpc) is 3.10. The number of carbonyl (C=O) groups excluding carboxylic acids is 2. The number of fused-ring (bicyclic) bond motifs is 1. The van der Waals surface area contributed by atoms with Gasteiger partial charge in [-0.25, -0.2) is 4.98 Å². The van der Waals surface area contributed by atoms with Gasteiger partial charge in [-0.05, 0) is 11.6 Å². The molecule has 132 valence electrons. The minimum Gasteiger partial charge on any atom is -0.355 e. The summed E-state index contributed by atoms with van der Waals surface area (Å²) in [5, 5.41) is 10.4. The van der Waals surface area contributed by atoms with Crippen molar-refractivity contribution in [3.63, 3.8) is 0 Å². The second kappa shape index (κ2) is 7.69. The third-order valence-electron chi connectivity index (χ3n) is 4.26. The fourth-order valence-corrected chi connectivity index (χ4v) is 3.48. The monoisotopic (exact) mass is 359 g/mol. The van der Waals surface area contributed by atoms with Gasteiger partial charge >= 0.3 is 0 Å². The molecule has 2 heterocycles. The maximum Gasteiger partial charge on any atom is 0.230 e. The number of amides is 2. The highest BCUT2D eigenvalue weighted by Gasteiger charge is 2.28. The Bertz CT molecular complexity index is 776. The topological polar surface area (TPSA) is 91.0 Å². The predicted molar refractivity (Wildman–Crippen MR) is 96.7 cm³/mol. The number of hydrogen-bond acceptors (Lipinski definition) is 5. The first-order valence-corrected chi connectivity index (χ1v) is 9.23. The van der Waals surface area contributed by atoms with Gasteiger partial charge in [-0.3, -0.25) is 14.7 Å². The van der Waals surface area contributed by atoms with Crippen LogP contribution in [0.3, 0.4) is 0 Å². The van der Waals surface area contributed by atoms with Crippen LogP contribution < -0.4 is 10.2 Å². The van der Waals surface area contributed by atoms with Gasteiger partial charge in [-0.15, -0.1) is 5.10 Å². The number of hydrogen-bond donors (Lipinski definition) is 2. The SMILES string of the molecule is CCc1nc(SCC(=O)NCC2CC(=O)N(C)c3ccccc32)n[nH]1. The van der Waals surface area contributed by atoms with Gasteiger partial charge in [-0.1, -0.05) is 36.9 Å². The second-order valence-corrected chi connectivity index (χ2v) is 6.87. The number of aromatic nitrogens is 3. The minimum absolute atomic E-state index is 0.00375. The summed E-state index contributed by atoms with van der Waals surface area (Å²) >= 11 is 1.30. The molecule has 25 heavy (non-hydrogen) atoms. The number of benzene rings is 1. The quantitative estimate of drug-likeness (QED) is 0.767. The van der Waals surface area contributed by atoms with Crippen molar-refractivity contribution in [2.45, 2.75) is 30.8 Å². The van der Waals surface area contributed by atoms with Crippen molar-refractivity contribution >= 4 is 29.3 Å². The van der Waals surface area contributed by atoms with Crippen molar-refractivity contribution in [1.29, 1.82) is 0 Å². The van der Waals surface area contributed by atoms with Crippen LogP contribution in [0.5, 0.6) is 0 Å². The number of aromatic amines is 1. The van der Waals surface area contributed by atoms with Crippen LogP contribution in [0.15, 0.2) is 29.4 Å². The lowest BCUT2D eigenvalue weighted by Crippen LogP contribution is -2.38. The Hall–Kier alpha value is -2.35. The van der Waals surface area contributed by atoms with Crippen molar-refractivity contribution in [3.8, 4) is 0 Å². The third-order valence-corrected chi connectivity index (χ3v) is 5.10. The molecule has 1 aromatic heterocycles. The Kier molecular flexibility index (Phi) is 5.37. The summed E-state index contributed by atoms with van der Waals surface area (Å²) in [5.41, 5.74) is 2.01. The van der Waals surface area contributed by atoms with Gasteiger partial charge in [0.05, 0.1) is 5.75 Å². The molecule has 0 spiro atoms. The van der Waals surface area contributed by atoms with E-state index in [-0.39, 0.29) is 23.5 Å². The highest BCUT2D eigenvalue weighted by molar-refractivity contribution is 7.99. The van der Waals surface area contributed by atoms with E-state index in [9.17, 15) is 9.59 Å². The van der Waals surface area contributed by atoms with Crippen LogP contribution in [0.1, 0.15) is 30.7 Å². The molecule has 2 aromatic rings. The summed E-state index contributed by atoms with van der Waals surface area (Å²) in [7, 11) is 1.79. The second-order valence-electron chi connectivity index (χ2n) is 5.92. The van der Waals surface area contributed by atoms with Crippen molar-refractivity contribution in [1.82, 2.24) is 20.5 Å². The van der Waals surface area contributed by atoms with Gasteiger partial charge in [0.1, 0.15) is 5.82 Å². The van der Waals surface area contributed by atoms with E-state index in [2.05, 4.69) is 20.5 Å². The number of thioether (sulfide) groups is 1. The number of carbonyl (C=O) groups is 2. The first-order chi connectivity index (χ1) is 12.1. The van der Waals surface area contributed by atoms with E-state index in [0.29, 0.717) is 18.1 Å². The van der Waals surface area contributed by atoms with Crippen molar-refractivity contribution in [3.05, 3.63) is 35.7 Å². The Morgan fingerprint density at radius 1 is 1.44 bits per heavy atom. The highest BCUT2D eigenvalue weighted by atomic mass is 32.2. The molecule has 3 rings (SSSR count). The summed E-state index contributed by atoms with van der Waals surface area (Å²) in [6, 6.07) is 7.83. The van der Waals surface area contributed by atoms with Gasteiger partial charge in [0.25, 0.3) is 0 Å². The molecule has 0 aliphatic carbocycles. The summed E-state index contributed by atoms with van der Waals surface area (Å²) in [6.07, 6.45) is 1.19. The molecule has 0 fully saturated rings. The predicted octanol–water partition coefficient (Wildman–Crippen LogP) is 1.73. The van der Waals surface area contributed by atoms with Gasteiger partial charge in [0.15, 0.2) is 0 Å². The van der Waals surface area contributed by atoms with Gasteiger partial charge in [0.2, 0.25) is 17.0 Å². The summed E-state index contributed by atoms with van der Waals surface area (Å²) in [5.74, 6) is 1.05. The first-order valence-electron chi connectivity index (χ1n) is 8.24. The highest BCUT2D eigenvalue weighted by Crippen LogP contribution is 2.34. The molecule has 0 saturated heterocycles. The average molecular weight is 359 g/mol. The Labute approximate surface area is 150 Å². The van der Waals surface area contributed by atoms with Crippen molar-refractivity contribution < 1.29 is 9.59 Å². The standard InChI is InChI=1S/C17H21N5O2S/c1-3-14-19-17(21-20-14)25-10-15(23)18-9-11-8-16(24)22(2)13-7-5-4-6-12(11)13/h4-7,11H,3,8-10H2,1-2H3,(H,18,23)(H,19,20,21). The van der Waals surface area contributed by atoms with Crippen molar-refractivity contribution in [2.24, 2.45) is 0 Å². The fraction of sp³-hybridized carbons (Fsp3) is 0.412. The number of H-pyrrole nitrogens is 1. The molecular weight excluding hydrogens is 338 g/mol. The number of rotatable bonds is 6. The lowest BCUT2D eigenvalue weighted by Gasteiger charge is -2.31. The summed E-state index contributed by atoms with van der Waals surface area (Å²) in [6.45, 7) is 2.44. The Morgan fingerprint density at radius 2 is 2.24 bits per heavy atom. The van der Waals surface area contributed by atoms with Crippen molar-refractivity contribution in [2.75, 3.05) is 24.2 Å². The smallest absolute Gasteiger partial charge is 0.230 e. The van der Waals surface area contributed by atoms with E-state index in [1.807, 2.05) is 31.2 Å². The summed E-state index contributed by atoms with van der Waals surface area (Å²) < 4.78 is 0. The largest absolute Gasteiger partial charge is 0.355 e. The molecular formula is C17H21N5O2S. The molecule has 8 heteroatoms. The van der Waals surface area contributed by atoms with Gasteiger partial charge in [0, 0.05) is 38.0 Å². The van der Waals surface area contributed by atoms with E-state index in [4.69, 9.17) is 0 Å². The molecule has 1 aliphatic rings. The van der Waals surface area contributed by atoms with Crippen LogP contribution in [-0.2, 0) is 16.0 Å². The number of nitrogens with zero attached hydrogens (tertiary/aromatic N) is 3. The van der Waals surface area contributed by atoms with E-state index in [0.717, 1.165) is 23.5 Å². The Balaban J connectivity index is 1.55. The van der Waals surface area contributed by atoms with Gasteiger partial charge in [-0.2, -0.15) is 0 Å². The molecule has 2 amide bonds. The number of aryl methyl sites for hydroxylation is 1. The van der Waals surface area contributed by atoms with E-state index < -0.39 is 0 Å². The lowest BCUT2D eigenvalue weighted by atomic mass is 9.89. The normalized spacial score (nSPS) is 16.6. The first kappa shape index (κ1) is 17.5. The number of anilines is 1. The van der Waals surface area contributed by atoms with Crippen LogP contribution >= 0.6 is 11.8 Å². The van der Waals surface area contributed by atoms with Crippen LogP contribution in [-0.4, -0.2) is 46.3 Å². The Morgan fingerprint density at radius 3 is 3.00 bits per heavy atom. The summed E-state index contributed by atoms with van der Waals surface area (Å²) in [4.78, 5) is 30.2. The lowest BCUT2D eigenvalue weighted by molar-refractivity contribution is -0.120. The van der Waals surface area contributed by atoms with Crippen LogP contribution in [0, 0.1) is 0 Å². The van der Waals surface area contributed by atoms with Crippen LogP contribution in [0.2, 0.25) is 0 Å². The molecule has 1 aromatic carbocycles. The number of nitrogens with one attached hydrogen (secondary N) is 2. The molecule has 1 aliphatic heterocycles. The molecule has 0 radical (unpaired) electrons. The number of para-hydroxylation sites is 1. The van der Waals surface area contributed by atoms with Gasteiger partial charge < -0.3 is 10.2 Å². The van der Waals surface area contributed by atoms with E-state index in [1.54, 1.807) is 11.9 Å².